The molecule has 1 fully saturated rings. The summed E-state index contributed by atoms with van der Waals surface area (Å²) in [5, 5.41) is 34.6. The molecule has 18 heteroatoms. The molecule has 280 valence electrons. The van der Waals surface area contributed by atoms with Crippen LogP contribution in [0.5, 0.6) is 23.0 Å². The number of nitrogen functional groups attached to an aromatic ring is 2. The summed E-state index contributed by atoms with van der Waals surface area (Å²) in [6, 6.07) is 19.5. The van der Waals surface area contributed by atoms with Crippen LogP contribution in [0.15, 0.2) is 97.1 Å². The van der Waals surface area contributed by atoms with Crippen LogP contribution in [-0.4, -0.2) is 56.7 Å². The van der Waals surface area contributed by atoms with Gasteiger partial charge in [-0.25, -0.2) is 0 Å². The van der Waals surface area contributed by atoms with E-state index < -0.39 is 76.4 Å². The van der Waals surface area contributed by atoms with Crippen LogP contribution in [0.4, 0.5) is 37.7 Å². The molecule has 1 aliphatic rings. The van der Waals surface area contributed by atoms with Gasteiger partial charge in [-0.1, -0.05) is 24.3 Å². The van der Waals surface area contributed by atoms with Crippen molar-refractivity contribution >= 4 is 35.3 Å². The lowest BCUT2D eigenvalue weighted by Gasteiger charge is -2.42. The summed E-state index contributed by atoms with van der Waals surface area (Å²) < 4.78 is 97.5. The smallest absolute Gasteiger partial charge is 0.411 e. The van der Waals surface area contributed by atoms with Crippen LogP contribution in [0, 0.1) is 23.7 Å². The molecule has 12 nitrogen and oxygen atoms in total. The Bertz CT molecular complexity index is 1760. The first-order valence-electron chi connectivity index (χ1n) is 15.0. The fraction of sp³-hybridized carbons (Fsp3) is 0.200. The number of rotatable bonds is 10. The van der Waals surface area contributed by atoms with E-state index in [2.05, 4.69) is 0 Å². The lowest BCUT2D eigenvalue weighted by Crippen LogP contribution is -2.59. The summed E-state index contributed by atoms with van der Waals surface area (Å²) in [5.74, 6) is -12.5. The van der Waals surface area contributed by atoms with Gasteiger partial charge in [-0.3, -0.25) is 19.2 Å². The molecular weight excluding hydrogens is 722 g/mol. The van der Waals surface area contributed by atoms with Crippen molar-refractivity contribution in [2.24, 2.45) is 23.7 Å². The van der Waals surface area contributed by atoms with E-state index in [1.807, 2.05) is 0 Å². The molecular formula is C35H28F6N2O10. The molecule has 1 aliphatic carbocycles. The van der Waals surface area contributed by atoms with Crippen molar-refractivity contribution in [1.82, 2.24) is 0 Å². The van der Waals surface area contributed by atoms with Crippen molar-refractivity contribution in [3.8, 4) is 23.0 Å². The van der Waals surface area contributed by atoms with Gasteiger partial charge in [0.15, 0.2) is 0 Å². The minimum absolute atomic E-state index is 0.0546. The molecule has 0 radical (unpaired) electrons. The van der Waals surface area contributed by atoms with Crippen LogP contribution < -0.4 is 20.9 Å². The minimum atomic E-state index is -5.72. The molecule has 0 unspecified atom stereocenters. The average molecular weight is 751 g/mol. The lowest BCUT2D eigenvalue weighted by molar-refractivity contribution is -0.288. The van der Waals surface area contributed by atoms with Crippen molar-refractivity contribution in [2.45, 2.75) is 17.8 Å². The molecule has 0 spiro atoms. The first-order chi connectivity index (χ1) is 24.7. The number of carboxylic acids is 4. The Morgan fingerprint density at radius 3 is 0.830 bits per heavy atom. The molecule has 0 amide bonds. The van der Waals surface area contributed by atoms with E-state index >= 15 is 0 Å². The Hall–Kier alpha value is -6.46. The van der Waals surface area contributed by atoms with Crippen LogP contribution in [0.3, 0.4) is 0 Å². The van der Waals surface area contributed by atoms with E-state index in [-0.39, 0.29) is 11.5 Å². The SMILES string of the molecule is Nc1ccc(Oc2ccc(C(c3ccc(Oc4ccc(N)cc4)cc3)(C(F)(F)F)C(F)(F)F)cc2)cc1.O=C(O)C1C(C(=O)O)C(C(=O)O)C1C(=O)O. The van der Waals surface area contributed by atoms with Gasteiger partial charge in [-0.2, -0.15) is 26.3 Å². The first kappa shape index (κ1) is 39.3. The second-order valence-corrected chi connectivity index (χ2v) is 11.6. The maximum absolute atomic E-state index is 14.4. The number of hydrogen-bond donors (Lipinski definition) is 6. The van der Waals surface area contributed by atoms with E-state index in [4.69, 9.17) is 41.4 Å². The summed E-state index contributed by atoms with van der Waals surface area (Å²) in [4.78, 5) is 42.6. The van der Waals surface area contributed by atoms with Crippen LogP contribution in [0.1, 0.15) is 11.1 Å². The van der Waals surface area contributed by atoms with Gasteiger partial charge < -0.3 is 41.4 Å². The molecule has 0 bridgehead atoms. The normalized spacial score (nSPS) is 18.4. The second kappa shape index (κ2) is 15.0. The quantitative estimate of drug-likeness (QED) is 0.0741. The largest absolute Gasteiger partial charge is 0.481 e. The zero-order valence-electron chi connectivity index (χ0n) is 26.7. The van der Waals surface area contributed by atoms with Crippen LogP contribution in [0.2, 0.25) is 0 Å². The minimum Gasteiger partial charge on any atom is -0.481 e. The highest BCUT2D eigenvalue weighted by Gasteiger charge is 2.72. The molecule has 1 saturated carbocycles. The average Bonchev–Trinajstić information content (AvgIpc) is 3.03. The lowest BCUT2D eigenvalue weighted by atomic mass is 9.56. The number of aliphatic carboxylic acids is 4. The van der Waals surface area contributed by atoms with Crippen LogP contribution in [0.25, 0.3) is 0 Å². The highest BCUT2D eigenvalue weighted by atomic mass is 19.4. The van der Waals surface area contributed by atoms with Gasteiger partial charge in [0.2, 0.25) is 5.41 Å². The third-order valence-electron chi connectivity index (χ3n) is 8.34. The molecule has 0 aromatic heterocycles. The van der Waals surface area contributed by atoms with Crippen LogP contribution >= 0.6 is 0 Å². The zero-order chi connectivity index (χ0) is 39.5. The van der Waals surface area contributed by atoms with E-state index in [1.54, 1.807) is 24.3 Å². The van der Waals surface area contributed by atoms with Gasteiger partial charge in [0.1, 0.15) is 23.0 Å². The Labute approximate surface area is 294 Å². The van der Waals surface area contributed by atoms with Crippen LogP contribution in [-0.2, 0) is 24.6 Å². The second-order valence-electron chi connectivity index (χ2n) is 11.6. The molecule has 0 saturated heterocycles. The number of carbonyl (C=O) groups is 4. The molecule has 0 atom stereocenters. The van der Waals surface area contributed by atoms with Gasteiger partial charge in [0.25, 0.3) is 0 Å². The number of hydrogen-bond acceptors (Lipinski definition) is 8. The van der Waals surface area contributed by atoms with Crippen molar-refractivity contribution in [2.75, 3.05) is 11.5 Å². The number of ether oxygens (including phenoxy) is 2. The molecule has 53 heavy (non-hydrogen) atoms. The van der Waals surface area contributed by atoms with Gasteiger partial charge in [-0.05, 0) is 83.9 Å². The number of anilines is 2. The van der Waals surface area contributed by atoms with Crippen molar-refractivity contribution in [1.29, 1.82) is 0 Å². The molecule has 4 aromatic rings. The molecule has 0 aliphatic heterocycles. The standard InChI is InChI=1S/C27H20F6N2O2.C8H8O8/c28-26(29,30)25(27(31,32)33,17-1-9-21(10-2-17)36-23-13-5-19(34)6-14-23)18-3-11-22(12-4-18)37-24-15-7-20(35)8-16-24;9-5(10)1-2(6(11)12)4(8(15)16)3(1)7(13)14/h1-16H,34-35H2;1-4H,(H,9,10)(H,11,12)(H,13,14)(H,15,16). The van der Waals surface area contributed by atoms with E-state index in [9.17, 15) is 45.5 Å². The monoisotopic (exact) mass is 750 g/mol. The van der Waals surface area contributed by atoms with Crippen molar-refractivity contribution < 1.29 is 75.4 Å². The number of benzene rings is 4. The Morgan fingerprint density at radius 2 is 0.642 bits per heavy atom. The number of nitrogens with two attached hydrogens (primary N) is 2. The third kappa shape index (κ3) is 8.05. The number of halogens is 6. The summed E-state index contributed by atoms with van der Waals surface area (Å²) >= 11 is 0. The van der Waals surface area contributed by atoms with E-state index in [0.29, 0.717) is 22.9 Å². The van der Waals surface area contributed by atoms with E-state index in [1.165, 1.54) is 24.3 Å². The summed E-state index contributed by atoms with van der Waals surface area (Å²) in [7, 11) is 0. The molecule has 8 N–H and O–H groups in total. The maximum atomic E-state index is 14.4. The highest BCUT2D eigenvalue weighted by molar-refractivity contribution is 5.96. The summed E-state index contributed by atoms with van der Waals surface area (Å²) in [6.45, 7) is 0. The number of carboxylic acid groups (broad SMARTS) is 4. The summed E-state index contributed by atoms with van der Waals surface area (Å²) in [6.07, 6.45) is -11.4. The molecule has 5 rings (SSSR count). The Balaban J connectivity index is 0.000000328. The van der Waals surface area contributed by atoms with Crippen molar-refractivity contribution in [3.05, 3.63) is 108 Å². The molecule has 0 heterocycles. The predicted octanol–water partition coefficient (Wildman–Crippen LogP) is 6.65. The van der Waals surface area contributed by atoms with Gasteiger partial charge >= 0.3 is 36.2 Å². The topological polar surface area (TPSA) is 220 Å². The van der Waals surface area contributed by atoms with Gasteiger partial charge in [0.05, 0.1) is 23.7 Å². The zero-order valence-corrected chi connectivity index (χ0v) is 26.7. The predicted molar refractivity (Wildman–Crippen MR) is 172 cm³/mol. The summed E-state index contributed by atoms with van der Waals surface area (Å²) in [5.41, 5.74) is 5.81. The maximum Gasteiger partial charge on any atom is 0.411 e. The van der Waals surface area contributed by atoms with E-state index in [0.717, 1.165) is 48.5 Å². The van der Waals surface area contributed by atoms with Gasteiger partial charge in [0, 0.05) is 11.4 Å². The highest BCUT2D eigenvalue weighted by Crippen LogP contribution is 2.56. The molecule has 4 aromatic carbocycles. The van der Waals surface area contributed by atoms with Gasteiger partial charge in [-0.15, -0.1) is 0 Å². The fourth-order valence-corrected chi connectivity index (χ4v) is 5.85. The number of alkyl halides is 6. The van der Waals surface area contributed by atoms with Crippen molar-refractivity contribution in [3.63, 3.8) is 0 Å². The Kier molecular flexibility index (Phi) is 11.1. The first-order valence-corrected chi connectivity index (χ1v) is 15.0. The fourth-order valence-electron chi connectivity index (χ4n) is 5.85. The third-order valence-corrected chi connectivity index (χ3v) is 8.34. The Morgan fingerprint density at radius 1 is 0.434 bits per heavy atom.